The maximum absolute atomic E-state index is 13.1. The van der Waals surface area contributed by atoms with Gasteiger partial charge in [-0.05, 0) is 24.3 Å². The van der Waals surface area contributed by atoms with Crippen LogP contribution in [0.25, 0.3) is 5.82 Å². The van der Waals surface area contributed by atoms with E-state index in [4.69, 9.17) is 18.9 Å². The summed E-state index contributed by atoms with van der Waals surface area (Å²) < 4.78 is 23.7. The molecular formula is C22H25N5O5. The number of amides is 1. The molecule has 32 heavy (non-hydrogen) atoms. The third kappa shape index (κ3) is 4.29. The molecule has 3 heterocycles. The van der Waals surface area contributed by atoms with E-state index in [9.17, 15) is 4.79 Å². The SMILES string of the molecule is COc1ccc(C(=O)N2CCC(Oc3ccc(-n4cccn4)nn3)CC2)c(OC)c1OC. The van der Waals surface area contributed by atoms with Gasteiger partial charge in [-0.15, -0.1) is 10.2 Å². The maximum atomic E-state index is 13.1. The van der Waals surface area contributed by atoms with Crippen molar-refractivity contribution in [3.05, 3.63) is 48.3 Å². The number of methoxy groups -OCH3 is 3. The van der Waals surface area contributed by atoms with Crippen LogP contribution in [0.4, 0.5) is 0 Å². The van der Waals surface area contributed by atoms with E-state index in [1.807, 2.05) is 6.07 Å². The number of benzene rings is 1. The minimum absolute atomic E-state index is 0.0452. The summed E-state index contributed by atoms with van der Waals surface area (Å²) in [7, 11) is 4.56. The molecule has 4 rings (SSSR count). The summed E-state index contributed by atoms with van der Waals surface area (Å²) in [6.45, 7) is 1.11. The van der Waals surface area contributed by atoms with E-state index in [-0.39, 0.29) is 12.0 Å². The van der Waals surface area contributed by atoms with Crippen LogP contribution >= 0.6 is 0 Å². The van der Waals surface area contributed by atoms with Crippen LogP contribution in [-0.4, -0.2) is 71.3 Å². The Morgan fingerprint density at radius 2 is 1.75 bits per heavy atom. The second-order valence-corrected chi connectivity index (χ2v) is 7.17. The van der Waals surface area contributed by atoms with Gasteiger partial charge in [-0.3, -0.25) is 4.79 Å². The molecule has 0 bridgehead atoms. The highest BCUT2D eigenvalue weighted by molar-refractivity contribution is 5.98. The Morgan fingerprint density at radius 1 is 0.969 bits per heavy atom. The minimum Gasteiger partial charge on any atom is -0.493 e. The lowest BCUT2D eigenvalue weighted by atomic mass is 10.1. The van der Waals surface area contributed by atoms with Gasteiger partial charge in [0.25, 0.3) is 5.91 Å². The molecule has 0 saturated carbocycles. The van der Waals surface area contributed by atoms with Crippen LogP contribution in [0, 0.1) is 0 Å². The van der Waals surface area contributed by atoms with E-state index in [1.165, 1.54) is 14.2 Å². The van der Waals surface area contributed by atoms with Gasteiger partial charge in [0, 0.05) is 44.4 Å². The topological polar surface area (TPSA) is 101 Å². The zero-order chi connectivity index (χ0) is 22.5. The van der Waals surface area contributed by atoms with Crippen LogP contribution in [-0.2, 0) is 0 Å². The number of aromatic nitrogens is 4. The Hall–Kier alpha value is -3.82. The highest BCUT2D eigenvalue weighted by atomic mass is 16.5. The first kappa shape index (κ1) is 21.4. The van der Waals surface area contributed by atoms with Crippen molar-refractivity contribution < 1.29 is 23.7 Å². The Bertz CT molecular complexity index is 1050. The van der Waals surface area contributed by atoms with Crippen molar-refractivity contribution in [3.8, 4) is 28.9 Å². The fraction of sp³-hybridized carbons (Fsp3) is 0.364. The van der Waals surface area contributed by atoms with Crippen molar-refractivity contribution >= 4 is 5.91 Å². The van der Waals surface area contributed by atoms with E-state index >= 15 is 0 Å². The summed E-state index contributed by atoms with van der Waals surface area (Å²) in [4.78, 5) is 14.9. The van der Waals surface area contributed by atoms with Gasteiger partial charge in [0.2, 0.25) is 11.6 Å². The van der Waals surface area contributed by atoms with Gasteiger partial charge in [0.05, 0.1) is 26.9 Å². The molecule has 0 radical (unpaired) electrons. The molecule has 0 spiro atoms. The standard InChI is InChI=1S/C22H25N5O5/c1-29-17-6-5-16(20(30-2)21(17)31-3)22(28)26-13-9-15(10-14-26)32-19-8-7-18(24-25-19)27-12-4-11-23-27/h4-8,11-12,15H,9-10,13-14H2,1-3H3. The van der Waals surface area contributed by atoms with Crippen molar-refractivity contribution in [1.82, 2.24) is 24.9 Å². The molecular weight excluding hydrogens is 414 g/mol. The average Bonchev–Trinajstić information content (AvgIpc) is 3.38. The molecule has 1 aromatic carbocycles. The summed E-state index contributed by atoms with van der Waals surface area (Å²) in [6, 6.07) is 8.80. The number of carbonyl (C=O) groups is 1. The van der Waals surface area contributed by atoms with Gasteiger partial charge < -0.3 is 23.8 Å². The Labute approximate surface area is 185 Å². The third-order valence-electron chi connectivity index (χ3n) is 5.32. The van der Waals surface area contributed by atoms with E-state index in [2.05, 4.69) is 15.3 Å². The normalized spacial score (nSPS) is 14.2. The van der Waals surface area contributed by atoms with E-state index in [0.717, 1.165) is 0 Å². The molecule has 10 nitrogen and oxygen atoms in total. The zero-order valence-electron chi connectivity index (χ0n) is 18.2. The van der Waals surface area contributed by atoms with Crippen molar-refractivity contribution in [2.24, 2.45) is 0 Å². The summed E-state index contributed by atoms with van der Waals surface area (Å²) in [5.74, 6) is 2.22. The molecule has 0 atom stereocenters. The smallest absolute Gasteiger partial charge is 0.257 e. The Kier molecular flexibility index (Phi) is 6.39. The second kappa shape index (κ2) is 9.54. The summed E-state index contributed by atoms with van der Waals surface area (Å²) >= 11 is 0. The van der Waals surface area contributed by atoms with Gasteiger partial charge in [0.15, 0.2) is 17.3 Å². The fourth-order valence-electron chi connectivity index (χ4n) is 3.69. The van der Waals surface area contributed by atoms with Crippen molar-refractivity contribution in [2.75, 3.05) is 34.4 Å². The maximum Gasteiger partial charge on any atom is 0.257 e. The molecule has 1 amide bonds. The molecule has 1 fully saturated rings. The summed E-state index contributed by atoms with van der Waals surface area (Å²) in [5, 5.41) is 12.4. The van der Waals surface area contributed by atoms with E-state index in [0.29, 0.717) is 60.4 Å². The summed E-state index contributed by atoms with van der Waals surface area (Å²) in [5.41, 5.74) is 0.435. The molecule has 0 aliphatic carbocycles. The number of rotatable bonds is 7. The number of carbonyl (C=O) groups excluding carboxylic acids is 1. The number of piperidine rings is 1. The van der Waals surface area contributed by atoms with Crippen LogP contribution in [0.1, 0.15) is 23.2 Å². The van der Waals surface area contributed by atoms with Crippen LogP contribution in [0.2, 0.25) is 0 Å². The molecule has 168 valence electrons. The van der Waals surface area contributed by atoms with Crippen molar-refractivity contribution in [2.45, 2.75) is 18.9 Å². The molecule has 10 heteroatoms. The average molecular weight is 439 g/mol. The zero-order valence-corrected chi connectivity index (χ0v) is 18.2. The first-order valence-electron chi connectivity index (χ1n) is 10.2. The highest BCUT2D eigenvalue weighted by Gasteiger charge is 2.28. The lowest BCUT2D eigenvalue weighted by Gasteiger charge is -2.32. The van der Waals surface area contributed by atoms with Crippen LogP contribution in [0.15, 0.2) is 42.7 Å². The number of hydrogen-bond donors (Lipinski definition) is 0. The van der Waals surface area contributed by atoms with Crippen LogP contribution < -0.4 is 18.9 Å². The molecule has 1 saturated heterocycles. The highest BCUT2D eigenvalue weighted by Crippen LogP contribution is 2.40. The lowest BCUT2D eigenvalue weighted by molar-refractivity contribution is 0.0582. The number of likely N-dealkylation sites (tertiary alicyclic amines) is 1. The summed E-state index contributed by atoms with van der Waals surface area (Å²) in [6.07, 6.45) is 4.80. The number of hydrogen-bond acceptors (Lipinski definition) is 8. The van der Waals surface area contributed by atoms with Gasteiger partial charge >= 0.3 is 0 Å². The molecule has 1 aliphatic rings. The first-order chi connectivity index (χ1) is 15.6. The predicted molar refractivity (Wildman–Crippen MR) is 115 cm³/mol. The number of ether oxygens (including phenoxy) is 4. The van der Waals surface area contributed by atoms with Gasteiger partial charge in [0.1, 0.15) is 6.10 Å². The Morgan fingerprint density at radius 3 is 2.34 bits per heavy atom. The largest absolute Gasteiger partial charge is 0.493 e. The monoisotopic (exact) mass is 439 g/mol. The number of nitrogens with zero attached hydrogens (tertiary/aromatic N) is 5. The molecule has 1 aliphatic heterocycles. The van der Waals surface area contributed by atoms with Gasteiger partial charge in [-0.25, -0.2) is 4.68 Å². The second-order valence-electron chi connectivity index (χ2n) is 7.17. The molecule has 0 unspecified atom stereocenters. The molecule has 2 aromatic heterocycles. The van der Waals surface area contributed by atoms with Crippen molar-refractivity contribution in [3.63, 3.8) is 0 Å². The quantitative estimate of drug-likeness (QED) is 0.553. The van der Waals surface area contributed by atoms with Crippen LogP contribution in [0.3, 0.4) is 0 Å². The van der Waals surface area contributed by atoms with Crippen LogP contribution in [0.5, 0.6) is 23.1 Å². The van der Waals surface area contributed by atoms with E-state index < -0.39 is 0 Å². The minimum atomic E-state index is -0.121. The third-order valence-corrected chi connectivity index (χ3v) is 5.32. The molecule has 3 aromatic rings. The first-order valence-corrected chi connectivity index (χ1v) is 10.2. The lowest BCUT2D eigenvalue weighted by Crippen LogP contribution is -2.42. The van der Waals surface area contributed by atoms with Gasteiger partial charge in [-0.2, -0.15) is 5.10 Å². The fourth-order valence-corrected chi connectivity index (χ4v) is 3.69. The Balaban J connectivity index is 1.38. The van der Waals surface area contributed by atoms with Gasteiger partial charge in [-0.1, -0.05) is 0 Å². The van der Waals surface area contributed by atoms with E-state index in [1.54, 1.807) is 53.4 Å². The van der Waals surface area contributed by atoms with Crippen molar-refractivity contribution in [1.29, 1.82) is 0 Å². The predicted octanol–water partition coefficient (Wildman–Crippen LogP) is 2.37. The molecule has 0 N–H and O–H groups in total.